The minimum Gasteiger partial charge on any atom is -0.382 e. The Morgan fingerprint density at radius 3 is 2.69 bits per heavy atom. The molecule has 3 nitrogen and oxygen atoms in total. The lowest BCUT2D eigenvalue weighted by Crippen LogP contribution is -2.38. The molecule has 1 unspecified atom stereocenters. The highest BCUT2D eigenvalue weighted by Gasteiger charge is 2.13. The fourth-order valence-corrected chi connectivity index (χ4v) is 2.24. The van der Waals surface area contributed by atoms with E-state index in [1.165, 1.54) is 45.3 Å². The van der Waals surface area contributed by atoms with Gasteiger partial charge in [-0.1, -0.05) is 0 Å². The van der Waals surface area contributed by atoms with E-state index < -0.39 is 0 Å². The van der Waals surface area contributed by atoms with Crippen molar-refractivity contribution in [1.29, 1.82) is 0 Å². The van der Waals surface area contributed by atoms with Crippen LogP contribution in [0, 0.1) is 0 Å². The van der Waals surface area contributed by atoms with E-state index in [0.717, 1.165) is 19.8 Å². The van der Waals surface area contributed by atoms with Gasteiger partial charge in [0, 0.05) is 25.8 Å². The van der Waals surface area contributed by atoms with Gasteiger partial charge in [0.2, 0.25) is 0 Å². The second-order valence-corrected chi connectivity index (χ2v) is 4.77. The van der Waals surface area contributed by atoms with Crippen LogP contribution in [0.3, 0.4) is 0 Å². The standard InChI is InChI=1S/C13H28N2O/c1-3-16-11-7-4-8-14-13(2)12-15-9-5-6-10-15/h13-14H,3-12H2,1-2H3. The van der Waals surface area contributed by atoms with Crippen LogP contribution in [0.2, 0.25) is 0 Å². The molecule has 0 aromatic carbocycles. The number of hydrogen-bond acceptors (Lipinski definition) is 3. The first-order chi connectivity index (χ1) is 7.83. The van der Waals surface area contributed by atoms with Crippen molar-refractivity contribution >= 4 is 0 Å². The van der Waals surface area contributed by atoms with Gasteiger partial charge in [0.15, 0.2) is 0 Å². The van der Waals surface area contributed by atoms with E-state index in [4.69, 9.17) is 4.74 Å². The summed E-state index contributed by atoms with van der Waals surface area (Å²) in [4.78, 5) is 2.57. The zero-order chi connectivity index (χ0) is 11.6. The van der Waals surface area contributed by atoms with Crippen molar-refractivity contribution in [2.24, 2.45) is 0 Å². The van der Waals surface area contributed by atoms with Crippen LogP contribution >= 0.6 is 0 Å². The van der Waals surface area contributed by atoms with E-state index in [-0.39, 0.29) is 0 Å². The maximum atomic E-state index is 5.31. The van der Waals surface area contributed by atoms with E-state index in [9.17, 15) is 0 Å². The highest BCUT2D eigenvalue weighted by atomic mass is 16.5. The first kappa shape index (κ1) is 13.9. The van der Waals surface area contributed by atoms with Gasteiger partial charge >= 0.3 is 0 Å². The molecule has 1 heterocycles. The summed E-state index contributed by atoms with van der Waals surface area (Å²) in [5.74, 6) is 0. The van der Waals surface area contributed by atoms with Gasteiger partial charge < -0.3 is 15.0 Å². The van der Waals surface area contributed by atoms with Gasteiger partial charge in [-0.2, -0.15) is 0 Å². The number of unbranched alkanes of at least 4 members (excludes halogenated alkanes) is 1. The van der Waals surface area contributed by atoms with E-state index in [0.29, 0.717) is 6.04 Å². The van der Waals surface area contributed by atoms with Crippen molar-refractivity contribution in [2.75, 3.05) is 39.4 Å². The molecule has 0 spiro atoms. The summed E-state index contributed by atoms with van der Waals surface area (Å²) in [6.07, 6.45) is 5.18. The van der Waals surface area contributed by atoms with Gasteiger partial charge in [0.05, 0.1) is 0 Å². The molecule has 1 aliphatic rings. The minimum absolute atomic E-state index is 0.630. The lowest BCUT2D eigenvalue weighted by atomic mass is 10.2. The summed E-state index contributed by atoms with van der Waals surface area (Å²) in [5, 5.41) is 3.59. The molecule has 0 radical (unpaired) electrons. The second-order valence-electron chi connectivity index (χ2n) is 4.77. The Hall–Kier alpha value is -0.120. The molecule has 0 aromatic rings. The van der Waals surface area contributed by atoms with Crippen LogP contribution < -0.4 is 5.32 Å². The smallest absolute Gasteiger partial charge is 0.0466 e. The number of nitrogens with one attached hydrogen (secondary N) is 1. The Morgan fingerprint density at radius 2 is 2.00 bits per heavy atom. The average molecular weight is 228 g/mol. The predicted molar refractivity (Wildman–Crippen MR) is 68.9 cm³/mol. The lowest BCUT2D eigenvalue weighted by molar-refractivity contribution is 0.143. The van der Waals surface area contributed by atoms with Gasteiger partial charge in [-0.25, -0.2) is 0 Å². The highest BCUT2D eigenvalue weighted by molar-refractivity contribution is 4.72. The number of rotatable bonds is 9. The third kappa shape index (κ3) is 6.46. The number of hydrogen-bond donors (Lipinski definition) is 1. The van der Waals surface area contributed by atoms with Crippen LogP contribution in [0.25, 0.3) is 0 Å². The number of nitrogens with zero attached hydrogens (tertiary/aromatic N) is 1. The van der Waals surface area contributed by atoms with Crippen LogP contribution in [0.4, 0.5) is 0 Å². The molecule has 3 heteroatoms. The Labute approximate surface area is 101 Å². The van der Waals surface area contributed by atoms with Crippen LogP contribution in [0.15, 0.2) is 0 Å². The SMILES string of the molecule is CCOCCCCNC(C)CN1CCCC1. The van der Waals surface area contributed by atoms with Crippen molar-refractivity contribution in [1.82, 2.24) is 10.2 Å². The van der Waals surface area contributed by atoms with E-state index in [1.54, 1.807) is 0 Å². The molecule has 1 N–H and O–H groups in total. The molecule has 1 rings (SSSR count). The van der Waals surface area contributed by atoms with Crippen molar-refractivity contribution in [3.63, 3.8) is 0 Å². The maximum Gasteiger partial charge on any atom is 0.0466 e. The van der Waals surface area contributed by atoms with E-state index in [2.05, 4.69) is 24.1 Å². The molecule has 0 bridgehead atoms. The fourth-order valence-electron chi connectivity index (χ4n) is 2.24. The molecular formula is C13H28N2O. The minimum atomic E-state index is 0.630. The molecule has 0 amide bonds. The van der Waals surface area contributed by atoms with E-state index in [1.807, 2.05) is 0 Å². The quantitative estimate of drug-likeness (QED) is 0.610. The van der Waals surface area contributed by atoms with Crippen molar-refractivity contribution in [2.45, 2.75) is 45.6 Å². The first-order valence-corrected chi connectivity index (χ1v) is 6.86. The summed E-state index contributed by atoms with van der Waals surface area (Å²) in [7, 11) is 0. The Kier molecular flexibility index (Phi) is 7.81. The monoisotopic (exact) mass is 228 g/mol. The summed E-state index contributed by atoms with van der Waals surface area (Å²) < 4.78 is 5.31. The normalized spacial score (nSPS) is 19.1. The largest absolute Gasteiger partial charge is 0.382 e. The second kappa shape index (κ2) is 8.97. The summed E-state index contributed by atoms with van der Waals surface area (Å²) in [6, 6.07) is 0.630. The maximum absolute atomic E-state index is 5.31. The highest BCUT2D eigenvalue weighted by Crippen LogP contribution is 2.07. The molecule has 1 atom stereocenters. The van der Waals surface area contributed by atoms with Crippen molar-refractivity contribution < 1.29 is 4.74 Å². The van der Waals surface area contributed by atoms with Crippen molar-refractivity contribution in [3.8, 4) is 0 Å². The summed E-state index contributed by atoms with van der Waals surface area (Å²) >= 11 is 0. The predicted octanol–water partition coefficient (Wildman–Crippen LogP) is 1.88. The fraction of sp³-hybridized carbons (Fsp3) is 1.00. The van der Waals surface area contributed by atoms with Crippen LogP contribution in [0.5, 0.6) is 0 Å². The van der Waals surface area contributed by atoms with Crippen LogP contribution in [-0.2, 0) is 4.74 Å². The van der Waals surface area contributed by atoms with Gasteiger partial charge in [-0.3, -0.25) is 0 Å². The lowest BCUT2D eigenvalue weighted by Gasteiger charge is -2.21. The van der Waals surface area contributed by atoms with Crippen molar-refractivity contribution in [3.05, 3.63) is 0 Å². The Balaban J connectivity index is 1.87. The topological polar surface area (TPSA) is 24.5 Å². The molecule has 1 saturated heterocycles. The van der Waals surface area contributed by atoms with Crippen LogP contribution in [-0.4, -0.2) is 50.3 Å². The summed E-state index contributed by atoms with van der Waals surface area (Å²) in [6.45, 7) is 11.1. The van der Waals surface area contributed by atoms with Crippen LogP contribution in [0.1, 0.15) is 39.5 Å². The molecular weight excluding hydrogens is 200 g/mol. The van der Waals surface area contributed by atoms with Gasteiger partial charge in [-0.05, 0) is 59.2 Å². The average Bonchev–Trinajstić information content (AvgIpc) is 2.76. The first-order valence-electron chi connectivity index (χ1n) is 6.86. The van der Waals surface area contributed by atoms with Gasteiger partial charge in [0.25, 0.3) is 0 Å². The third-order valence-corrected chi connectivity index (χ3v) is 3.14. The molecule has 1 fully saturated rings. The molecule has 1 aliphatic heterocycles. The number of ether oxygens (including phenoxy) is 1. The molecule has 96 valence electrons. The molecule has 16 heavy (non-hydrogen) atoms. The zero-order valence-corrected chi connectivity index (χ0v) is 11.0. The molecule has 0 aliphatic carbocycles. The third-order valence-electron chi connectivity index (χ3n) is 3.14. The van der Waals surface area contributed by atoms with E-state index >= 15 is 0 Å². The van der Waals surface area contributed by atoms with Gasteiger partial charge in [-0.15, -0.1) is 0 Å². The summed E-state index contributed by atoms with van der Waals surface area (Å²) in [5.41, 5.74) is 0. The molecule has 0 aromatic heterocycles. The van der Waals surface area contributed by atoms with Gasteiger partial charge in [0.1, 0.15) is 0 Å². The Morgan fingerprint density at radius 1 is 1.25 bits per heavy atom. The zero-order valence-electron chi connectivity index (χ0n) is 11.0. The number of likely N-dealkylation sites (tertiary alicyclic amines) is 1. The molecule has 0 saturated carbocycles. The Bertz CT molecular complexity index is 158.